The first-order valence-electron chi connectivity index (χ1n) is 8.87. The second-order valence-electron chi connectivity index (χ2n) is 6.39. The summed E-state index contributed by atoms with van der Waals surface area (Å²) in [5.41, 5.74) is 1.67. The first-order chi connectivity index (χ1) is 13.5. The molecule has 1 aromatic carbocycles. The lowest BCUT2D eigenvalue weighted by Crippen LogP contribution is -2.19. The Balaban J connectivity index is 1.75. The van der Waals surface area contributed by atoms with Gasteiger partial charge in [0.1, 0.15) is 10.7 Å². The van der Waals surface area contributed by atoms with Crippen molar-refractivity contribution in [1.29, 1.82) is 0 Å². The van der Waals surface area contributed by atoms with Gasteiger partial charge in [0.2, 0.25) is 0 Å². The SMILES string of the molecule is CCc1cc2c(=O)n3c(nc2s1)/C(=C/c1ccc(OC(F)F)c(OC)c1)CC3. The first-order valence-corrected chi connectivity index (χ1v) is 9.69. The molecule has 0 spiro atoms. The maximum Gasteiger partial charge on any atom is 0.387 e. The van der Waals surface area contributed by atoms with Gasteiger partial charge in [-0.3, -0.25) is 9.36 Å². The van der Waals surface area contributed by atoms with Crippen LogP contribution in [0.25, 0.3) is 21.9 Å². The summed E-state index contributed by atoms with van der Waals surface area (Å²) < 4.78 is 36.3. The van der Waals surface area contributed by atoms with Crippen molar-refractivity contribution in [3.8, 4) is 11.5 Å². The van der Waals surface area contributed by atoms with Gasteiger partial charge >= 0.3 is 6.61 Å². The molecule has 5 nitrogen and oxygen atoms in total. The Bertz CT molecular complexity index is 1130. The van der Waals surface area contributed by atoms with Crippen molar-refractivity contribution in [3.05, 3.63) is 50.9 Å². The van der Waals surface area contributed by atoms with Gasteiger partial charge in [-0.25, -0.2) is 4.98 Å². The van der Waals surface area contributed by atoms with E-state index in [1.807, 2.05) is 12.1 Å². The van der Waals surface area contributed by atoms with Crippen LogP contribution in [0.5, 0.6) is 11.5 Å². The molecule has 0 saturated heterocycles. The number of aryl methyl sites for hydroxylation is 1. The molecule has 0 saturated carbocycles. The largest absolute Gasteiger partial charge is 0.493 e. The number of hydrogen-bond acceptors (Lipinski definition) is 5. The number of nitrogens with zero attached hydrogens (tertiary/aromatic N) is 2. The Morgan fingerprint density at radius 2 is 2.14 bits per heavy atom. The van der Waals surface area contributed by atoms with Crippen LogP contribution in [0.3, 0.4) is 0 Å². The van der Waals surface area contributed by atoms with Crippen LogP contribution in [0.4, 0.5) is 8.78 Å². The zero-order valence-corrected chi connectivity index (χ0v) is 16.2. The lowest BCUT2D eigenvalue weighted by Gasteiger charge is -2.10. The van der Waals surface area contributed by atoms with Crippen LogP contribution in [-0.4, -0.2) is 23.3 Å². The Kier molecular flexibility index (Phi) is 4.89. The molecule has 3 aromatic rings. The lowest BCUT2D eigenvalue weighted by atomic mass is 10.1. The monoisotopic (exact) mass is 404 g/mol. The second-order valence-corrected chi connectivity index (χ2v) is 7.50. The molecule has 28 heavy (non-hydrogen) atoms. The molecule has 0 aliphatic carbocycles. The maximum atomic E-state index is 12.8. The van der Waals surface area contributed by atoms with Crippen molar-refractivity contribution in [1.82, 2.24) is 9.55 Å². The highest BCUT2D eigenvalue weighted by molar-refractivity contribution is 7.18. The quantitative estimate of drug-likeness (QED) is 0.625. The normalized spacial score (nSPS) is 14.8. The number of hydrogen-bond donors (Lipinski definition) is 0. The molecule has 0 amide bonds. The number of benzene rings is 1. The van der Waals surface area contributed by atoms with Gasteiger partial charge in [-0.1, -0.05) is 13.0 Å². The minimum absolute atomic E-state index is 0.0161. The predicted molar refractivity (Wildman–Crippen MR) is 105 cm³/mol. The molecule has 4 rings (SSSR count). The molecule has 1 aliphatic rings. The molecule has 0 fully saturated rings. The molecule has 0 atom stereocenters. The number of fused-ring (bicyclic) bond motifs is 2. The van der Waals surface area contributed by atoms with Gasteiger partial charge in [-0.05, 0) is 48.3 Å². The predicted octanol–water partition coefficient (Wildman–Crippen LogP) is 4.57. The summed E-state index contributed by atoms with van der Waals surface area (Å²) in [6.07, 6.45) is 3.45. The van der Waals surface area contributed by atoms with Crippen molar-refractivity contribution in [3.63, 3.8) is 0 Å². The Hall–Kier alpha value is -2.74. The molecule has 0 bridgehead atoms. The van der Waals surface area contributed by atoms with E-state index in [0.717, 1.165) is 27.3 Å². The van der Waals surface area contributed by atoms with E-state index in [-0.39, 0.29) is 17.1 Å². The molecule has 8 heteroatoms. The van der Waals surface area contributed by atoms with E-state index >= 15 is 0 Å². The second kappa shape index (κ2) is 7.35. The number of allylic oxidation sites excluding steroid dienone is 1. The molecule has 0 radical (unpaired) electrons. The van der Waals surface area contributed by atoms with E-state index in [0.29, 0.717) is 24.2 Å². The van der Waals surface area contributed by atoms with Gasteiger partial charge in [0.05, 0.1) is 12.5 Å². The number of halogens is 2. The summed E-state index contributed by atoms with van der Waals surface area (Å²) in [7, 11) is 1.40. The highest BCUT2D eigenvalue weighted by Crippen LogP contribution is 2.33. The van der Waals surface area contributed by atoms with E-state index in [1.165, 1.54) is 13.2 Å². The summed E-state index contributed by atoms with van der Waals surface area (Å²) in [6, 6.07) is 6.68. The number of aromatic nitrogens is 2. The van der Waals surface area contributed by atoms with Crippen LogP contribution >= 0.6 is 11.3 Å². The number of methoxy groups -OCH3 is 1. The Morgan fingerprint density at radius 3 is 2.86 bits per heavy atom. The molecule has 2 aromatic heterocycles. The fourth-order valence-corrected chi connectivity index (χ4v) is 4.30. The van der Waals surface area contributed by atoms with Gasteiger partial charge in [0.25, 0.3) is 5.56 Å². The Labute approximate surface area is 163 Å². The van der Waals surface area contributed by atoms with Crippen molar-refractivity contribution < 1.29 is 18.3 Å². The molecule has 0 N–H and O–H groups in total. The van der Waals surface area contributed by atoms with Crippen LogP contribution in [0.2, 0.25) is 0 Å². The minimum Gasteiger partial charge on any atom is -0.493 e. The van der Waals surface area contributed by atoms with Crippen molar-refractivity contribution in [2.45, 2.75) is 32.9 Å². The maximum absolute atomic E-state index is 12.8. The summed E-state index contributed by atoms with van der Waals surface area (Å²) in [5, 5.41) is 0.669. The number of rotatable bonds is 5. The van der Waals surface area contributed by atoms with Gasteiger partial charge in [0, 0.05) is 11.4 Å². The van der Waals surface area contributed by atoms with Crippen LogP contribution < -0.4 is 15.0 Å². The van der Waals surface area contributed by atoms with Gasteiger partial charge in [0.15, 0.2) is 11.5 Å². The van der Waals surface area contributed by atoms with Crippen LogP contribution in [0, 0.1) is 0 Å². The topological polar surface area (TPSA) is 53.4 Å². The van der Waals surface area contributed by atoms with Crippen molar-refractivity contribution in [2.75, 3.05) is 7.11 Å². The number of thiophene rings is 1. The molecule has 0 unspecified atom stereocenters. The van der Waals surface area contributed by atoms with Gasteiger partial charge < -0.3 is 9.47 Å². The average molecular weight is 404 g/mol. The highest BCUT2D eigenvalue weighted by Gasteiger charge is 2.22. The summed E-state index contributed by atoms with van der Waals surface area (Å²) in [4.78, 5) is 19.4. The van der Waals surface area contributed by atoms with Crippen LogP contribution in [0.1, 0.15) is 29.6 Å². The molecular weight excluding hydrogens is 386 g/mol. The zero-order chi connectivity index (χ0) is 19.8. The Morgan fingerprint density at radius 1 is 1.32 bits per heavy atom. The zero-order valence-electron chi connectivity index (χ0n) is 15.4. The highest BCUT2D eigenvalue weighted by atomic mass is 32.1. The lowest BCUT2D eigenvalue weighted by molar-refractivity contribution is -0.0512. The van der Waals surface area contributed by atoms with E-state index in [4.69, 9.17) is 9.72 Å². The fraction of sp³-hybridized carbons (Fsp3) is 0.300. The van der Waals surface area contributed by atoms with E-state index < -0.39 is 6.61 Å². The number of ether oxygens (including phenoxy) is 2. The third-order valence-corrected chi connectivity index (χ3v) is 5.86. The van der Waals surface area contributed by atoms with Gasteiger partial charge in [-0.15, -0.1) is 11.3 Å². The van der Waals surface area contributed by atoms with E-state index in [1.54, 1.807) is 28.0 Å². The molecule has 1 aliphatic heterocycles. The smallest absolute Gasteiger partial charge is 0.387 e. The van der Waals surface area contributed by atoms with Crippen LogP contribution in [-0.2, 0) is 13.0 Å². The molecular formula is C20H18F2N2O3S. The summed E-state index contributed by atoms with van der Waals surface area (Å²) in [6.45, 7) is -0.294. The number of alkyl halides is 2. The summed E-state index contributed by atoms with van der Waals surface area (Å²) >= 11 is 1.54. The van der Waals surface area contributed by atoms with Crippen LogP contribution in [0.15, 0.2) is 29.1 Å². The fourth-order valence-electron chi connectivity index (χ4n) is 3.34. The van der Waals surface area contributed by atoms with Gasteiger partial charge in [-0.2, -0.15) is 8.78 Å². The van der Waals surface area contributed by atoms with E-state index in [2.05, 4.69) is 11.7 Å². The first kappa shape index (κ1) is 18.6. The van der Waals surface area contributed by atoms with Crippen molar-refractivity contribution in [2.24, 2.45) is 0 Å². The minimum atomic E-state index is -2.92. The van der Waals surface area contributed by atoms with Crippen molar-refractivity contribution >= 4 is 33.2 Å². The summed E-state index contributed by atoms with van der Waals surface area (Å²) in [5.74, 6) is 0.862. The van der Waals surface area contributed by atoms with E-state index in [9.17, 15) is 13.6 Å². The standard InChI is InChI=1S/C20H18F2N2O3S/c1-3-13-10-14-18(28-13)23-17-12(6-7-24(17)19(14)25)8-11-4-5-15(27-20(21)22)16(9-11)26-2/h4-5,8-10,20H,3,6-7H2,1-2H3/b12-8+. The molecule has 146 valence electrons. The third-order valence-electron chi connectivity index (χ3n) is 4.69. The third kappa shape index (κ3) is 3.28. The average Bonchev–Trinajstić information content (AvgIpc) is 3.27. The molecule has 3 heterocycles.